The van der Waals surface area contributed by atoms with Crippen molar-refractivity contribution in [3.8, 4) is 0 Å². The molecule has 1 aliphatic rings. The van der Waals surface area contributed by atoms with Crippen LogP contribution < -0.4 is 5.32 Å². The van der Waals surface area contributed by atoms with Gasteiger partial charge in [-0.2, -0.15) is 0 Å². The quantitative estimate of drug-likeness (QED) is 0.808. The van der Waals surface area contributed by atoms with Gasteiger partial charge in [0.15, 0.2) is 0 Å². The molecule has 0 spiro atoms. The number of alkyl halides is 1. The van der Waals surface area contributed by atoms with Gasteiger partial charge in [0.1, 0.15) is 5.82 Å². The van der Waals surface area contributed by atoms with Crippen LogP contribution in [-0.4, -0.2) is 16.9 Å². The van der Waals surface area contributed by atoms with Crippen LogP contribution in [0.3, 0.4) is 0 Å². The molecule has 0 saturated heterocycles. The number of halogens is 3. The van der Waals surface area contributed by atoms with Crippen molar-refractivity contribution >= 4 is 44.9 Å². The predicted molar refractivity (Wildman–Crippen MR) is 77.0 cm³/mol. The van der Waals surface area contributed by atoms with Crippen LogP contribution in [-0.2, 0) is 0 Å². The second-order valence-corrected chi connectivity index (χ2v) is 6.42. The van der Waals surface area contributed by atoms with Crippen LogP contribution in [0.15, 0.2) is 16.7 Å². The van der Waals surface area contributed by atoms with E-state index in [-0.39, 0.29) is 0 Å². The molecule has 1 heterocycles. The Balaban J connectivity index is 1.85. The summed E-state index contributed by atoms with van der Waals surface area (Å²) < 4.78 is 0.899. The van der Waals surface area contributed by atoms with E-state index in [2.05, 4.69) is 26.2 Å². The average Bonchev–Trinajstić information content (AvgIpc) is 2.30. The second-order valence-electron chi connectivity index (χ2n) is 4.48. The molecule has 17 heavy (non-hydrogen) atoms. The predicted octanol–water partition coefficient (Wildman–Crippen LogP) is 4.71. The van der Waals surface area contributed by atoms with Gasteiger partial charge in [0.05, 0.1) is 5.02 Å². The number of anilines is 1. The first-order valence-corrected chi connectivity index (χ1v) is 7.45. The molecule has 0 unspecified atom stereocenters. The fraction of sp³-hybridized carbons (Fsp3) is 0.583. The lowest BCUT2D eigenvalue weighted by atomic mass is 9.89. The first-order valence-electron chi connectivity index (χ1n) is 5.84. The summed E-state index contributed by atoms with van der Waals surface area (Å²) in [5.41, 5.74) is 0. The minimum atomic E-state index is 0.376. The van der Waals surface area contributed by atoms with E-state index in [1.165, 1.54) is 12.8 Å². The first-order chi connectivity index (χ1) is 8.15. The molecule has 1 aromatic heterocycles. The monoisotopic (exact) mass is 336 g/mol. The highest BCUT2D eigenvalue weighted by atomic mass is 79.9. The zero-order valence-electron chi connectivity index (χ0n) is 9.43. The molecule has 0 aromatic carbocycles. The van der Waals surface area contributed by atoms with Crippen molar-refractivity contribution in [2.75, 3.05) is 11.9 Å². The van der Waals surface area contributed by atoms with Crippen molar-refractivity contribution in [2.24, 2.45) is 5.92 Å². The summed E-state index contributed by atoms with van der Waals surface area (Å²) >= 11 is 15.5. The van der Waals surface area contributed by atoms with E-state index in [4.69, 9.17) is 23.2 Å². The molecule has 1 saturated carbocycles. The van der Waals surface area contributed by atoms with Gasteiger partial charge in [-0.3, -0.25) is 0 Å². The largest absolute Gasteiger partial charge is 0.369 e. The van der Waals surface area contributed by atoms with Crippen LogP contribution in [0.25, 0.3) is 0 Å². The second kappa shape index (κ2) is 6.26. The molecule has 0 radical (unpaired) electrons. The molecule has 1 fully saturated rings. The molecule has 1 aromatic rings. The molecule has 0 amide bonds. The third kappa shape index (κ3) is 4.01. The minimum Gasteiger partial charge on any atom is -0.369 e. The van der Waals surface area contributed by atoms with E-state index in [9.17, 15) is 0 Å². The standard InChI is InChI=1S/C12H15BrCl2N2/c13-9-5-11(15)12(17-7-9)16-6-8-1-3-10(14)4-2-8/h5,7-8,10H,1-4,6H2,(H,16,17). The number of nitrogens with zero attached hydrogens (tertiary/aromatic N) is 1. The van der Waals surface area contributed by atoms with Crippen LogP contribution in [0, 0.1) is 5.92 Å². The Morgan fingerprint density at radius 1 is 1.35 bits per heavy atom. The molecule has 2 rings (SSSR count). The smallest absolute Gasteiger partial charge is 0.144 e. The number of hydrogen-bond donors (Lipinski definition) is 1. The molecule has 1 N–H and O–H groups in total. The van der Waals surface area contributed by atoms with Gasteiger partial charge in [-0.25, -0.2) is 4.98 Å². The van der Waals surface area contributed by atoms with E-state index < -0.39 is 0 Å². The van der Waals surface area contributed by atoms with Crippen molar-refractivity contribution < 1.29 is 0 Å². The maximum atomic E-state index is 6.09. The number of aromatic nitrogens is 1. The lowest BCUT2D eigenvalue weighted by Crippen LogP contribution is -2.21. The molecule has 94 valence electrons. The Morgan fingerprint density at radius 2 is 2.06 bits per heavy atom. The summed E-state index contributed by atoms with van der Waals surface area (Å²) in [7, 11) is 0. The Labute approximate surface area is 120 Å². The van der Waals surface area contributed by atoms with E-state index in [0.717, 1.165) is 29.7 Å². The van der Waals surface area contributed by atoms with Gasteiger partial charge in [-0.05, 0) is 53.6 Å². The van der Waals surface area contributed by atoms with Gasteiger partial charge in [-0.1, -0.05) is 11.6 Å². The van der Waals surface area contributed by atoms with Crippen molar-refractivity contribution in [2.45, 2.75) is 31.1 Å². The Hall–Kier alpha value is 0.01000. The van der Waals surface area contributed by atoms with E-state index in [1.807, 2.05) is 6.07 Å². The van der Waals surface area contributed by atoms with Gasteiger partial charge in [-0.15, -0.1) is 11.6 Å². The molecule has 5 heteroatoms. The van der Waals surface area contributed by atoms with Gasteiger partial charge in [0, 0.05) is 22.6 Å². The highest BCUT2D eigenvalue weighted by molar-refractivity contribution is 9.10. The van der Waals surface area contributed by atoms with Gasteiger partial charge >= 0.3 is 0 Å². The Kier molecular flexibility index (Phi) is 4.95. The van der Waals surface area contributed by atoms with Crippen molar-refractivity contribution in [1.82, 2.24) is 4.98 Å². The lowest BCUT2D eigenvalue weighted by molar-refractivity contribution is 0.377. The summed E-state index contributed by atoms with van der Waals surface area (Å²) in [6, 6.07) is 1.85. The van der Waals surface area contributed by atoms with Crippen LogP contribution >= 0.6 is 39.1 Å². The van der Waals surface area contributed by atoms with E-state index >= 15 is 0 Å². The Morgan fingerprint density at radius 3 is 2.71 bits per heavy atom. The fourth-order valence-electron chi connectivity index (χ4n) is 2.11. The van der Waals surface area contributed by atoms with Crippen molar-refractivity contribution in [3.05, 3.63) is 21.8 Å². The number of nitrogens with one attached hydrogen (secondary N) is 1. The maximum Gasteiger partial charge on any atom is 0.144 e. The van der Waals surface area contributed by atoms with Crippen LogP contribution in [0.4, 0.5) is 5.82 Å². The summed E-state index contributed by atoms with van der Waals surface area (Å²) in [5.74, 6) is 1.45. The highest BCUT2D eigenvalue weighted by Gasteiger charge is 2.19. The fourth-order valence-corrected chi connectivity index (χ4v) is 3.06. The van der Waals surface area contributed by atoms with Gasteiger partial charge in [0.2, 0.25) is 0 Å². The SMILES string of the molecule is Clc1cc(Br)cnc1NCC1CCC(Cl)CC1. The zero-order chi connectivity index (χ0) is 12.3. The van der Waals surface area contributed by atoms with Gasteiger partial charge in [0.25, 0.3) is 0 Å². The van der Waals surface area contributed by atoms with Crippen molar-refractivity contribution in [3.63, 3.8) is 0 Å². The van der Waals surface area contributed by atoms with Gasteiger partial charge < -0.3 is 5.32 Å². The Bertz CT molecular complexity index is 379. The molecule has 0 atom stereocenters. The van der Waals surface area contributed by atoms with Crippen LogP contribution in [0.5, 0.6) is 0 Å². The molecular formula is C12H15BrCl2N2. The summed E-state index contributed by atoms with van der Waals surface area (Å²) in [4.78, 5) is 4.26. The van der Waals surface area contributed by atoms with Crippen molar-refractivity contribution in [1.29, 1.82) is 0 Å². The number of hydrogen-bond acceptors (Lipinski definition) is 2. The third-order valence-electron chi connectivity index (χ3n) is 3.14. The third-order valence-corrected chi connectivity index (χ3v) is 4.30. The van der Waals surface area contributed by atoms with Crippen LogP contribution in [0.1, 0.15) is 25.7 Å². The van der Waals surface area contributed by atoms with E-state index in [0.29, 0.717) is 16.3 Å². The minimum absolute atomic E-state index is 0.376. The summed E-state index contributed by atoms with van der Waals surface area (Å²) in [6.45, 7) is 0.929. The summed E-state index contributed by atoms with van der Waals surface area (Å²) in [6.07, 6.45) is 6.37. The lowest BCUT2D eigenvalue weighted by Gasteiger charge is -2.25. The average molecular weight is 338 g/mol. The topological polar surface area (TPSA) is 24.9 Å². The molecule has 0 aliphatic heterocycles. The molecule has 2 nitrogen and oxygen atoms in total. The van der Waals surface area contributed by atoms with E-state index in [1.54, 1.807) is 6.20 Å². The first kappa shape index (κ1) is 13.4. The number of pyridine rings is 1. The zero-order valence-corrected chi connectivity index (χ0v) is 12.5. The normalized spacial score (nSPS) is 24.6. The highest BCUT2D eigenvalue weighted by Crippen LogP contribution is 2.29. The molecule has 0 bridgehead atoms. The van der Waals surface area contributed by atoms with Crippen LogP contribution in [0.2, 0.25) is 5.02 Å². The number of rotatable bonds is 3. The summed E-state index contributed by atoms with van der Waals surface area (Å²) in [5, 5.41) is 4.35. The molecule has 1 aliphatic carbocycles. The molecular weight excluding hydrogens is 323 g/mol. The maximum absolute atomic E-state index is 6.09.